The molecule has 29 heavy (non-hydrogen) atoms. The highest BCUT2D eigenvalue weighted by Crippen LogP contribution is 2.42. The number of rotatable bonds is 4. The summed E-state index contributed by atoms with van der Waals surface area (Å²) in [7, 11) is -3.80. The van der Waals surface area contributed by atoms with E-state index < -0.39 is 14.6 Å². The van der Waals surface area contributed by atoms with E-state index in [2.05, 4.69) is 9.88 Å². The van der Waals surface area contributed by atoms with Crippen LogP contribution in [0.2, 0.25) is 5.02 Å². The van der Waals surface area contributed by atoms with Crippen LogP contribution in [0.5, 0.6) is 0 Å². The Kier molecular flexibility index (Phi) is 5.53. The summed E-state index contributed by atoms with van der Waals surface area (Å²) >= 11 is 5.93. The number of anilines is 1. The highest BCUT2D eigenvalue weighted by atomic mass is 35.5. The molecule has 0 unspecified atom stereocenters. The second kappa shape index (κ2) is 7.95. The lowest BCUT2D eigenvalue weighted by Gasteiger charge is -2.40. The monoisotopic (exact) mass is 433 g/mol. The molecule has 0 spiro atoms. The molecule has 2 fully saturated rings. The fourth-order valence-corrected chi connectivity index (χ4v) is 6.65. The van der Waals surface area contributed by atoms with Crippen molar-refractivity contribution < 1.29 is 13.2 Å². The minimum atomic E-state index is -3.80. The predicted molar refractivity (Wildman–Crippen MR) is 113 cm³/mol. The molecule has 1 saturated heterocycles. The first-order valence-corrected chi connectivity index (χ1v) is 11.7. The standard InChI is InChI=1S/C21H24ClN3O3S/c22-17-3-5-19(6-4-17)29(27,28)21(9-1-2-10-21)20(26)25-15-13-24(14-16-25)18-7-11-23-12-8-18/h3-8,11-12H,1-2,9-10,13-16H2. The van der Waals surface area contributed by atoms with Crippen LogP contribution < -0.4 is 4.90 Å². The minimum absolute atomic E-state index is 0.174. The number of hydrogen-bond donors (Lipinski definition) is 0. The third-order valence-electron chi connectivity index (χ3n) is 6.03. The maximum absolute atomic E-state index is 13.5. The topological polar surface area (TPSA) is 70.6 Å². The first-order chi connectivity index (χ1) is 13.9. The number of carbonyl (C=O) groups is 1. The van der Waals surface area contributed by atoms with E-state index in [1.54, 1.807) is 29.4 Å². The zero-order valence-corrected chi connectivity index (χ0v) is 17.7. The summed E-state index contributed by atoms with van der Waals surface area (Å²) in [6.07, 6.45) is 5.74. The van der Waals surface area contributed by atoms with Crippen molar-refractivity contribution in [3.05, 3.63) is 53.8 Å². The number of aromatic nitrogens is 1. The number of benzene rings is 1. The molecule has 2 aliphatic rings. The molecule has 2 aromatic rings. The number of amides is 1. The third-order valence-corrected chi connectivity index (χ3v) is 8.79. The zero-order chi connectivity index (χ0) is 20.5. The van der Waals surface area contributed by atoms with E-state index in [0.29, 0.717) is 44.0 Å². The number of hydrogen-bond acceptors (Lipinski definition) is 5. The van der Waals surface area contributed by atoms with E-state index in [0.717, 1.165) is 18.5 Å². The Balaban J connectivity index is 1.56. The average molecular weight is 434 g/mol. The number of nitrogens with zero attached hydrogens (tertiary/aromatic N) is 3. The van der Waals surface area contributed by atoms with Crippen LogP contribution in [-0.4, -0.2) is 55.1 Å². The summed E-state index contributed by atoms with van der Waals surface area (Å²) in [6, 6.07) is 10.0. The Hall–Kier alpha value is -2.12. The van der Waals surface area contributed by atoms with Crippen LogP contribution in [-0.2, 0) is 14.6 Å². The van der Waals surface area contributed by atoms with E-state index in [1.165, 1.54) is 12.1 Å². The van der Waals surface area contributed by atoms with Crippen LogP contribution in [0.1, 0.15) is 25.7 Å². The molecule has 1 aliphatic carbocycles. The summed E-state index contributed by atoms with van der Waals surface area (Å²) in [5, 5.41) is 0.475. The maximum atomic E-state index is 13.5. The van der Waals surface area contributed by atoms with E-state index in [9.17, 15) is 13.2 Å². The van der Waals surface area contributed by atoms with Crippen molar-refractivity contribution in [1.29, 1.82) is 0 Å². The van der Waals surface area contributed by atoms with Gasteiger partial charge in [0.2, 0.25) is 5.91 Å². The van der Waals surface area contributed by atoms with Gasteiger partial charge in [0, 0.05) is 49.3 Å². The van der Waals surface area contributed by atoms with Crippen molar-refractivity contribution in [3.8, 4) is 0 Å². The summed E-state index contributed by atoms with van der Waals surface area (Å²) < 4.78 is 25.7. The number of sulfone groups is 1. The molecular weight excluding hydrogens is 410 g/mol. The van der Waals surface area contributed by atoms with Crippen molar-refractivity contribution >= 4 is 33.0 Å². The number of halogens is 1. The molecule has 0 atom stereocenters. The molecule has 6 nitrogen and oxygen atoms in total. The summed E-state index contributed by atoms with van der Waals surface area (Å²) in [5.74, 6) is -0.251. The average Bonchev–Trinajstić information content (AvgIpc) is 3.26. The molecule has 2 heterocycles. The summed E-state index contributed by atoms with van der Waals surface area (Å²) in [5.41, 5.74) is 1.07. The Morgan fingerprint density at radius 1 is 0.931 bits per heavy atom. The smallest absolute Gasteiger partial charge is 0.244 e. The molecule has 1 aromatic carbocycles. The molecule has 0 N–H and O–H groups in total. The lowest BCUT2D eigenvalue weighted by molar-refractivity contribution is -0.134. The van der Waals surface area contributed by atoms with Crippen LogP contribution in [0.4, 0.5) is 5.69 Å². The van der Waals surface area contributed by atoms with Crippen LogP contribution in [0, 0.1) is 0 Å². The van der Waals surface area contributed by atoms with Gasteiger partial charge in [0.15, 0.2) is 14.6 Å². The molecule has 1 aliphatic heterocycles. The fourth-order valence-electron chi connectivity index (χ4n) is 4.39. The molecule has 4 rings (SSSR count). The Morgan fingerprint density at radius 2 is 1.52 bits per heavy atom. The van der Waals surface area contributed by atoms with Crippen LogP contribution in [0.25, 0.3) is 0 Å². The molecule has 8 heteroatoms. The minimum Gasteiger partial charge on any atom is -0.368 e. The number of pyridine rings is 1. The third kappa shape index (κ3) is 3.62. The van der Waals surface area contributed by atoms with Gasteiger partial charge in [-0.1, -0.05) is 24.4 Å². The molecule has 1 amide bonds. The zero-order valence-electron chi connectivity index (χ0n) is 16.1. The van der Waals surface area contributed by atoms with E-state index >= 15 is 0 Å². The summed E-state index contributed by atoms with van der Waals surface area (Å²) in [6.45, 7) is 2.37. The van der Waals surface area contributed by atoms with Crippen LogP contribution in [0.15, 0.2) is 53.7 Å². The van der Waals surface area contributed by atoms with Gasteiger partial charge in [-0.05, 0) is 49.2 Å². The number of piperazine rings is 1. The van der Waals surface area contributed by atoms with Crippen molar-refractivity contribution in [1.82, 2.24) is 9.88 Å². The molecule has 1 saturated carbocycles. The van der Waals surface area contributed by atoms with Crippen molar-refractivity contribution in [2.75, 3.05) is 31.1 Å². The van der Waals surface area contributed by atoms with Crippen molar-refractivity contribution in [2.24, 2.45) is 0 Å². The highest BCUT2D eigenvalue weighted by Gasteiger charge is 2.54. The molecule has 154 valence electrons. The summed E-state index contributed by atoms with van der Waals surface area (Å²) in [4.78, 5) is 21.7. The molecule has 0 bridgehead atoms. The van der Waals surface area contributed by atoms with E-state index in [1.807, 2.05) is 12.1 Å². The van der Waals surface area contributed by atoms with Gasteiger partial charge >= 0.3 is 0 Å². The van der Waals surface area contributed by atoms with E-state index in [-0.39, 0.29) is 10.8 Å². The lowest BCUT2D eigenvalue weighted by Crippen LogP contribution is -2.57. The SMILES string of the molecule is O=C(N1CCN(c2ccncc2)CC1)C1(S(=O)(=O)c2ccc(Cl)cc2)CCCC1. The predicted octanol–water partition coefficient (Wildman–Crippen LogP) is 3.17. The van der Waals surface area contributed by atoms with Gasteiger partial charge in [-0.2, -0.15) is 0 Å². The largest absolute Gasteiger partial charge is 0.368 e. The molecule has 0 radical (unpaired) electrons. The maximum Gasteiger partial charge on any atom is 0.244 e. The lowest BCUT2D eigenvalue weighted by atomic mass is 10.0. The van der Waals surface area contributed by atoms with Crippen LogP contribution >= 0.6 is 11.6 Å². The Morgan fingerprint density at radius 3 is 2.10 bits per heavy atom. The quantitative estimate of drug-likeness (QED) is 0.740. The number of carbonyl (C=O) groups excluding carboxylic acids is 1. The van der Waals surface area contributed by atoms with Crippen LogP contribution in [0.3, 0.4) is 0 Å². The second-order valence-corrected chi connectivity index (χ2v) is 10.3. The fraction of sp³-hybridized carbons (Fsp3) is 0.429. The Bertz CT molecular complexity index is 966. The molecular formula is C21H24ClN3O3S. The van der Waals surface area contributed by atoms with Gasteiger partial charge in [0.1, 0.15) is 0 Å². The van der Waals surface area contributed by atoms with Gasteiger partial charge in [-0.15, -0.1) is 0 Å². The van der Waals surface area contributed by atoms with Gasteiger partial charge < -0.3 is 9.80 Å². The Labute approximate surface area is 176 Å². The van der Waals surface area contributed by atoms with Gasteiger partial charge in [0.05, 0.1) is 4.90 Å². The normalized spacial score (nSPS) is 19.3. The first kappa shape index (κ1) is 20.2. The van der Waals surface area contributed by atoms with E-state index in [4.69, 9.17) is 11.6 Å². The van der Waals surface area contributed by atoms with Gasteiger partial charge in [-0.25, -0.2) is 8.42 Å². The van der Waals surface area contributed by atoms with Crippen molar-refractivity contribution in [3.63, 3.8) is 0 Å². The molecule has 1 aromatic heterocycles. The second-order valence-electron chi connectivity index (χ2n) is 7.64. The van der Waals surface area contributed by atoms with Crippen molar-refractivity contribution in [2.45, 2.75) is 35.3 Å². The van der Waals surface area contributed by atoms with Gasteiger partial charge in [-0.3, -0.25) is 9.78 Å². The first-order valence-electron chi connectivity index (χ1n) is 9.89. The highest BCUT2D eigenvalue weighted by molar-refractivity contribution is 7.93. The van der Waals surface area contributed by atoms with Gasteiger partial charge in [0.25, 0.3) is 0 Å².